The summed E-state index contributed by atoms with van der Waals surface area (Å²) in [6, 6.07) is 0.0482. The van der Waals surface area contributed by atoms with Crippen LogP contribution in [-0.4, -0.2) is 29.7 Å². The van der Waals surface area contributed by atoms with Gasteiger partial charge in [-0.05, 0) is 19.3 Å². The molecular formula is C9H16N2O3. The molecule has 1 unspecified atom stereocenters. The fourth-order valence-electron chi connectivity index (χ4n) is 1.09. The highest BCUT2D eigenvalue weighted by Gasteiger charge is 2.23. The lowest BCUT2D eigenvalue weighted by atomic mass is 10.1. The fourth-order valence-corrected chi connectivity index (χ4v) is 1.09. The van der Waals surface area contributed by atoms with Gasteiger partial charge in [-0.25, -0.2) is 4.79 Å². The average molecular weight is 200 g/mol. The molecule has 5 nitrogen and oxygen atoms in total. The quantitative estimate of drug-likeness (QED) is 0.606. The Hall–Kier alpha value is -1.26. The molecule has 1 fully saturated rings. The zero-order valence-corrected chi connectivity index (χ0v) is 8.25. The van der Waals surface area contributed by atoms with Gasteiger partial charge >= 0.3 is 12.0 Å². The molecule has 0 spiro atoms. The predicted molar refractivity (Wildman–Crippen MR) is 51.0 cm³/mol. The van der Waals surface area contributed by atoms with Crippen LogP contribution in [0.25, 0.3) is 0 Å². The zero-order chi connectivity index (χ0) is 10.6. The largest absolute Gasteiger partial charge is 0.481 e. The fraction of sp³-hybridized carbons (Fsp3) is 0.778. The van der Waals surface area contributed by atoms with Crippen molar-refractivity contribution in [3.05, 3.63) is 0 Å². The zero-order valence-electron chi connectivity index (χ0n) is 8.25. The van der Waals surface area contributed by atoms with Crippen LogP contribution in [0.2, 0.25) is 0 Å². The minimum Gasteiger partial charge on any atom is -0.481 e. The molecule has 0 heterocycles. The molecule has 0 aliphatic heterocycles. The topological polar surface area (TPSA) is 78.4 Å². The van der Waals surface area contributed by atoms with Gasteiger partial charge in [-0.1, -0.05) is 6.92 Å². The first-order valence-electron chi connectivity index (χ1n) is 4.90. The van der Waals surface area contributed by atoms with Crippen LogP contribution in [0, 0.1) is 5.92 Å². The summed E-state index contributed by atoms with van der Waals surface area (Å²) < 4.78 is 0. The smallest absolute Gasteiger partial charge is 0.315 e. The van der Waals surface area contributed by atoms with E-state index in [0.29, 0.717) is 12.5 Å². The number of carboxylic acids is 1. The van der Waals surface area contributed by atoms with Gasteiger partial charge in [-0.2, -0.15) is 0 Å². The van der Waals surface area contributed by atoms with Gasteiger partial charge in [0.1, 0.15) is 0 Å². The third kappa shape index (κ3) is 3.64. The third-order valence-corrected chi connectivity index (χ3v) is 2.26. The van der Waals surface area contributed by atoms with E-state index in [1.54, 1.807) is 6.92 Å². The van der Waals surface area contributed by atoms with Crippen molar-refractivity contribution in [2.45, 2.75) is 32.2 Å². The van der Waals surface area contributed by atoms with E-state index >= 15 is 0 Å². The molecular weight excluding hydrogens is 184 g/mol. The standard InChI is InChI=1S/C9H16N2O3/c1-2-6(8(12)13)5-10-9(14)11-7-3-4-7/h6-7H,2-5H2,1H3,(H,12,13)(H2,10,11,14). The minimum absolute atomic E-state index is 0.199. The molecule has 80 valence electrons. The molecule has 0 aromatic rings. The molecule has 1 aliphatic carbocycles. The first-order chi connectivity index (χ1) is 6.63. The summed E-state index contributed by atoms with van der Waals surface area (Å²) in [7, 11) is 0. The Bertz CT molecular complexity index is 226. The van der Waals surface area contributed by atoms with Crippen molar-refractivity contribution in [2.24, 2.45) is 5.92 Å². The molecule has 14 heavy (non-hydrogen) atoms. The van der Waals surface area contributed by atoms with E-state index in [0.717, 1.165) is 12.8 Å². The van der Waals surface area contributed by atoms with Crippen LogP contribution in [0.1, 0.15) is 26.2 Å². The average Bonchev–Trinajstić information content (AvgIpc) is 2.88. The Morgan fingerprint density at radius 1 is 1.50 bits per heavy atom. The molecule has 0 radical (unpaired) electrons. The van der Waals surface area contributed by atoms with Crippen LogP contribution in [0.15, 0.2) is 0 Å². The van der Waals surface area contributed by atoms with Gasteiger partial charge in [-0.3, -0.25) is 4.79 Å². The lowest BCUT2D eigenvalue weighted by Crippen LogP contribution is -2.40. The van der Waals surface area contributed by atoms with Gasteiger partial charge in [0.25, 0.3) is 0 Å². The van der Waals surface area contributed by atoms with Crippen LogP contribution in [-0.2, 0) is 4.79 Å². The highest BCUT2D eigenvalue weighted by molar-refractivity contribution is 5.76. The number of carbonyl (C=O) groups is 2. The van der Waals surface area contributed by atoms with Crippen LogP contribution in [0.3, 0.4) is 0 Å². The van der Waals surface area contributed by atoms with E-state index < -0.39 is 11.9 Å². The highest BCUT2D eigenvalue weighted by Crippen LogP contribution is 2.18. The molecule has 5 heteroatoms. The maximum Gasteiger partial charge on any atom is 0.315 e. The molecule has 1 rings (SSSR count). The van der Waals surface area contributed by atoms with Crippen LogP contribution in [0.5, 0.6) is 0 Å². The van der Waals surface area contributed by atoms with Crippen molar-refractivity contribution in [3.63, 3.8) is 0 Å². The SMILES string of the molecule is CCC(CNC(=O)NC1CC1)C(=O)O. The Labute approximate surface area is 82.9 Å². The number of aliphatic carboxylic acids is 1. The number of rotatable bonds is 5. The van der Waals surface area contributed by atoms with Crippen molar-refractivity contribution in [2.75, 3.05) is 6.54 Å². The molecule has 1 saturated carbocycles. The molecule has 0 aromatic carbocycles. The Balaban J connectivity index is 2.16. The van der Waals surface area contributed by atoms with Crippen molar-refractivity contribution in [1.29, 1.82) is 0 Å². The van der Waals surface area contributed by atoms with E-state index in [1.165, 1.54) is 0 Å². The van der Waals surface area contributed by atoms with Crippen LogP contribution >= 0.6 is 0 Å². The van der Waals surface area contributed by atoms with Crippen molar-refractivity contribution < 1.29 is 14.7 Å². The summed E-state index contributed by atoms with van der Waals surface area (Å²) in [4.78, 5) is 21.7. The maximum absolute atomic E-state index is 11.1. The van der Waals surface area contributed by atoms with E-state index in [-0.39, 0.29) is 12.6 Å². The van der Waals surface area contributed by atoms with Gasteiger partial charge in [-0.15, -0.1) is 0 Å². The highest BCUT2D eigenvalue weighted by atomic mass is 16.4. The van der Waals surface area contributed by atoms with Gasteiger partial charge in [0.05, 0.1) is 5.92 Å². The molecule has 1 aliphatic rings. The third-order valence-electron chi connectivity index (χ3n) is 2.26. The first kappa shape index (κ1) is 10.8. The summed E-state index contributed by atoms with van der Waals surface area (Å²) in [6.45, 7) is 1.99. The predicted octanol–water partition coefficient (Wildman–Crippen LogP) is 0.559. The summed E-state index contributed by atoms with van der Waals surface area (Å²) in [5.41, 5.74) is 0. The van der Waals surface area contributed by atoms with Gasteiger partial charge < -0.3 is 15.7 Å². The monoisotopic (exact) mass is 200 g/mol. The normalized spacial score (nSPS) is 17.2. The second-order valence-electron chi connectivity index (χ2n) is 3.57. The molecule has 1 atom stereocenters. The van der Waals surface area contributed by atoms with Crippen molar-refractivity contribution in [3.8, 4) is 0 Å². The lowest BCUT2D eigenvalue weighted by Gasteiger charge is -2.11. The Morgan fingerprint density at radius 3 is 2.57 bits per heavy atom. The second kappa shape index (κ2) is 4.83. The van der Waals surface area contributed by atoms with Gasteiger partial charge in [0, 0.05) is 12.6 Å². The van der Waals surface area contributed by atoms with E-state index in [4.69, 9.17) is 5.11 Å². The minimum atomic E-state index is -0.862. The number of carboxylic acid groups (broad SMARTS) is 1. The van der Waals surface area contributed by atoms with Crippen molar-refractivity contribution >= 4 is 12.0 Å². The van der Waals surface area contributed by atoms with E-state index in [2.05, 4.69) is 10.6 Å². The Kier molecular flexibility index (Phi) is 3.73. The van der Waals surface area contributed by atoms with E-state index in [9.17, 15) is 9.59 Å². The maximum atomic E-state index is 11.1. The molecule has 2 amide bonds. The number of nitrogens with one attached hydrogen (secondary N) is 2. The summed E-state index contributed by atoms with van der Waals surface area (Å²) in [6.07, 6.45) is 2.59. The molecule has 0 saturated heterocycles. The number of urea groups is 1. The summed E-state index contributed by atoms with van der Waals surface area (Å²) >= 11 is 0. The first-order valence-corrected chi connectivity index (χ1v) is 4.90. The summed E-state index contributed by atoms with van der Waals surface area (Å²) in [5.74, 6) is -1.35. The van der Waals surface area contributed by atoms with Gasteiger partial charge in [0.2, 0.25) is 0 Å². The number of carbonyl (C=O) groups excluding carboxylic acids is 1. The van der Waals surface area contributed by atoms with Crippen LogP contribution in [0.4, 0.5) is 4.79 Å². The summed E-state index contributed by atoms with van der Waals surface area (Å²) in [5, 5.41) is 14.0. The number of hydrogen-bond acceptors (Lipinski definition) is 2. The van der Waals surface area contributed by atoms with Crippen LogP contribution < -0.4 is 10.6 Å². The number of hydrogen-bond donors (Lipinski definition) is 3. The molecule has 3 N–H and O–H groups in total. The van der Waals surface area contributed by atoms with Gasteiger partial charge in [0.15, 0.2) is 0 Å². The second-order valence-corrected chi connectivity index (χ2v) is 3.57. The molecule has 0 bridgehead atoms. The van der Waals surface area contributed by atoms with E-state index in [1.807, 2.05) is 0 Å². The van der Waals surface area contributed by atoms with Crippen molar-refractivity contribution in [1.82, 2.24) is 10.6 Å². The molecule has 0 aromatic heterocycles. The lowest BCUT2D eigenvalue weighted by molar-refractivity contribution is -0.141. The number of amides is 2. The Morgan fingerprint density at radius 2 is 2.14 bits per heavy atom.